The van der Waals surface area contributed by atoms with E-state index in [0.29, 0.717) is 18.3 Å². The Balaban J connectivity index is 2.97. The van der Waals surface area contributed by atoms with Crippen LogP contribution in [0.25, 0.3) is 0 Å². The summed E-state index contributed by atoms with van der Waals surface area (Å²) >= 11 is 0. The second-order valence-electron chi connectivity index (χ2n) is 6.65. The molecule has 2 atom stereocenters. The summed E-state index contributed by atoms with van der Waals surface area (Å²) in [6.45, 7) is 10.4. The number of rotatable bonds is 7. The van der Waals surface area contributed by atoms with Crippen LogP contribution in [0.1, 0.15) is 82.1 Å². The summed E-state index contributed by atoms with van der Waals surface area (Å²) in [6, 6.07) is 6.25. The Morgan fingerprint density at radius 1 is 1.05 bits per heavy atom. The lowest BCUT2D eigenvalue weighted by atomic mass is 9.86. The Bertz CT molecular complexity index is 477. The van der Waals surface area contributed by atoms with Gasteiger partial charge in [-0.25, -0.2) is 0 Å². The molecule has 0 fully saturated rings. The number of benzene rings is 1. The molecule has 0 heterocycles. The lowest BCUT2D eigenvalue weighted by Crippen LogP contribution is -2.11. The second kappa shape index (κ2) is 7.60. The molecule has 3 nitrogen and oxygen atoms in total. The van der Waals surface area contributed by atoms with E-state index in [2.05, 4.69) is 39.8 Å². The highest BCUT2D eigenvalue weighted by Crippen LogP contribution is 2.32. The van der Waals surface area contributed by atoms with Crippen LogP contribution in [-0.4, -0.2) is 16.2 Å². The fourth-order valence-electron chi connectivity index (χ4n) is 2.65. The molecule has 0 bridgehead atoms. The molecule has 0 spiro atoms. The van der Waals surface area contributed by atoms with Crippen LogP contribution in [0, 0.1) is 5.92 Å². The molecule has 0 amide bonds. The van der Waals surface area contributed by atoms with Gasteiger partial charge in [0.25, 0.3) is 0 Å². The van der Waals surface area contributed by atoms with Crippen molar-refractivity contribution in [2.75, 3.05) is 0 Å². The van der Waals surface area contributed by atoms with Gasteiger partial charge in [-0.3, -0.25) is 4.79 Å². The van der Waals surface area contributed by atoms with E-state index >= 15 is 0 Å². The van der Waals surface area contributed by atoms with E-state index in [0.717, 1.165) is 11.1 Å². The first-order chi connectivity index (χ1) is 9.72. The molecule has 0 saturated carbocycles. The van der Waals surface area contributed by atoms with Crippen LogP contribution in [0.5, 0.6) is 0 Å². The van der Waals surface area contributed by atoms with Crippen molar-refractivity contribution in [1.82, 2.24) is 0 Å². The second-order valence-corrected chi connectivity index (χ2v) is 6.65. The molecule has 0 aliphatic heterocycles. The van der Waals surface area contributed by atoms with E-state index < -0.39 is 12.1 Å². The topological polar surface area (TPSA) is 57.5 Å². The van der Waals surface area contributed by atoms with Gasteiger partial charge in [-0.05, 0) is 40.9 Å². The van der Waals surface area contributed by atoms with Crippen molar-refractivity contribution in [3.63, 3.8) is 0 Å². The van der Waals surface area contributed by atoms with Gasteiger partial charge in [0.15, 0.2) is 0 Å². The largest absolute Gasteiger partial charge is 0.481 e. The van der Waals surface area contributed by atoms with E-state index in [1.807, 2.05) is 13.0 Å². The third kappa shape index (κ3) is 5.16. The van der Waals surface area contributed by atoms with Gasteiger partial charge in [0, 0.05) is 6.42 Å². The maximum absolute atomic E-state index is 10.7. The molecule has 1 rings (SSSR count). The average Bonchev–Trinajstić information content (AvgIpc) is 2.36. The van der Waals surface area contributed by atoms with Crippen LogP contribution in [-0.2, 0) is 4.79 Å². The van der Waals surface area contributed by atoms with Gasteiger partial charge in [0.1, 0.15) is 0 Å². The zero-order chi connectivity index (χ0) is 16.2. The minimum atomic E-state index is -0.811. The molecule has 118 valence electrons. The first kappa shape index (κ1) is 17.7. The van der Waals surface area contributed by atoms with Crippen molar-refractivity contribution in [3.05, 3.63) is 34.9 Å². The predicted octanol–water partition coefficient (Wildman–Crippen LogP) is 4.47. The summed E-state index contributed by atoms with van der Waals surface area (Å²) in [6.07, 6.45) is -0.0245. The van der Waals surface area contributed by atoms with Crippen LogP contribution in [0.15, 0.2) is 18.2 Å². The lowest BCUT2D eigenvalue weighted by Gasteiger charge is -2.22. The van der Waals surface area contributed by atoms with Gasteiger partial charge in [-0.15, -0.1) is 0 Å². The van der Waals surface area contributed by atoms with Crippen molar-refractivity contribution in [2.24, 2.45) is 5.92 Å². The Hall–Kier alpha value is -1.35. The number of carboxylic acid groups (broad SMARTS) is 1. The van der Waals surface area contributed by atoms with Gasteiger partial charge in [0.2, 0.25) is 0 Å². The summed E-state index contributed by atoms with van der Waals surface area (Å²) in [5, 5.41) is 19.3. The molecule has 0 aliphatic carbocycles. The molecule has 0 saturated heterocycles. The molecule has 2 N–H and O–H groups in total. The minimum Gasteiger partial charge on any atom is -0.481 e. The number of carbonyl (C=O) groups is 1. The van der Waals surface area contributed by atoms with Gasteiger partial charge in [0.05, 0.1) is 6.10 Å². The Morgan fingerprint density at radius 2 is 1.67 bits per heavy atom. The third-order valence-electron chi connectivity index (χ3n) is 3.91. The monoisotopic (exact) mass is 292 g/mol. The number of aliphatic carboxylic acids is 1. The summed E-state index contributed by atoms with van der Waals surface area (Å²) in [5.41, 5.74) is 3.37. The van der Waals surface area contributed by atoms with E-state index in [-0.39, 0.29) is 12.3 Å². The number of aliphatic hydroxyl groups excluding tert-OH is 1. The third-order valence-corrected chi connectivity index (χ3v) is 3.91. The van der Waals surface area contributed by atoms with E-state index in [1.165, 1.54) is 5.56 Å². The van der Waals surface area contributed by atoms with Crippen molar-refractivity contribution in [3.8, 4) is 0 Å². The zero-order valence-electron chi connectivity index (χ0n) is 13.8. The Kier molecular flexibility index (Phi) is 6.41. The summed E-state index contributed by atoms with van der Waals surface area (Å²) < 4.78 is 0. The fourth-order valence-corrected chi connectivity index (χ4v) is 2.65. The highest BCUT2D eigenvalue weighted by atomic mass is 16.4. The molecule has 1 aromatic carbocycles. The van der Waals surface area contributed by atoms with E-state index in [1.54, 1.807) is 0 Å². The summed E-state index contributed by atoms with van der Waals surface area (Å²) in [7, 11) is 0. The standard InChI is InChI=1S/C18H28O3/c1-11(2)14-6-7-15(16(10-14)12(3)4)17(19)8-13(5)9-18(20)21/h6-7,10-13,17,19H,8-9H2,1-5H3,(H,20,21). The number of hydrogen-bond donors (Lipinski definition) is 2. The smallest absolute Gasteiger partial charge is 0.303 e. The maximum atomic E-state index is 10.7. The average molecular weight is 292 g/mol. The van der Waals surface area contributed by atoms with E-state index in [4.69, 9.17) is 5.11 Å². The van der Waals surface area contributed by atoms with Gasteiger partial charge in [-0.1, -0.05) is 52.8 Å². The fraction of sp³-hybridized carbons (Fsp3) is 0.611. The van der Waals surface area contributed by atoms with Gasteiger partial charge in [-0.2, -0.15) is 0 Å². The maximum Gasteiger partial charge on any atom is 0.303 e. The Labute approximate surface area is 128 Å². The van der Waals surface area contributed by atoms with Crippen molar-refractivity contribution >= 4 is 5.97 Å². The lowest BCUT2D eigenvalue weighted by molar-refractivity contribution is -0.138. The molecule has 0 radical (unpaired) electrons. The molecule has 3 heteroatoms. The molecule has 1 aromatic rings. The molecular weight excluding hydrogens is 264 g/mol. The van der Waals surface area contributed by atoms with Crippen molar-refractivity contribution in [1.29, 1.82) is 0 Å². The molecule has 21 heavy (non-hydrogen) atoms. The first-order valence-corrected chi connectivity index (χ1v) is 7.76. The molecule has 0 aromatic heterocycles. The number of carboxylic acids is 1. The van der Waals surface area contributed by atoms with Gasteiger partial charge < -0.3 is 10.2 Å². The number of hydrogen-bond acceptors (Lipinski definition) is 2. The summed E-state index contributed by atoms with van der Waals surface area (Å²) in [4.78, 5) is 10.7. The first-order valence-electron chi connectivity index (χ1n) is 7.76. The highest BCUT2D eigenvalue weighted by Gasteiger charge is 2.19. The van der Waals surface area contributed by atoms with Crippen molar-refractivity contribution in [2.45, 2.75) is 65.4 Å². The molecular formula is C18H28O3. The quantitative estimate of drug-likeness (QED) is 0.779. The van der Waals surface area contributed by atoms with Crippen molar-refractivity contribution < 1.29 is 15.0 Å². The SMILES string of the molecule is CC(CC(=O)O)CC(O)c1ccc(C(C)C)cc1C(C)C. The molecule has 2 unspecified atom stereocenters. The van der Waals surface area contributed by atoms with E-state index in [9.17, 15) is 9.90 Å². The van der Waals surface area contributed by atoms with Crippen LogP contribution < -0.4 is 0 Å². The normalized spacial score (nSPS) is 14.5. The predicted molar refractivity (Wildman–Crippen MR) is 85.6 cm³/mol. The van der Waals surface area contributed by atoms with Crippen LogP contribution in [0.4, 0.5) is 0 Å². The molecule has 0 aliphatic rings. The minimum absolute atomic E-state index is 0.0395. The summed E-state index contributed by atoms with van der Waals surface area (Å²) in [5.74, 6) is -0.0565. The Morgan fingerprint density at radius 3 is 2.14 bits per heavy atom. The van der Waals surface area contributed by atoms with Crippen LogP contribution in [0.2, 0.25) is 0 Å². The van der Waals surface area contributed by atoms with Crippen LogP contribution >= 0.6 is 0 Å². The number of aliphatic hydroxyl groups is 1. The van der Waals surface area contributed by atoms with Gasteiger partial charge >= 0.3 is 5.97 Å². The highest BCUT2D eigenvalue weighted by molar-refractivity contribution is 5.66. The van der Waals surface area contributed by atoms with Crippen LogP contribution in [0.3, 0.4) is 0 Å². The zero-order valence-corrected chi connectivity index (χ0v) is 13.8.